The Morgan fingerprint density at radius 1 is 1.15 bits per heavy atom. The Balaban J connectivity index is 0.000000298. The van der Waals surface area contributed by atoms with E-state index in [-0.39, 0.29) is 5.91 Å². The average Bonchev–Trinajstić information content (AvgIpc) is 2.99. The van der Waals surface area contributed by atoms with Crippen LogP contribution in [0.15, 0.2) is 30.3 Å². The Kier molecular flexibility index (Phi) is 6.28. The number of rotatable bonds is 2. The zero-order valence-corrected chi connectivity index (χ0v) is 14.7. The number of anilines is 1. The number of benzene rings is 1. The van der Waals surface area contributed by atoms with Gasteiger partial charge in [-0.3, -0.25) is 9.69 Å². The number of carboxylic acid groups (broad SMARTS) is 1. The van der Waals surface area contributed by atoms with Gasteiger partial charge in [-0.25, -0.2) is 4.79 Å². The maximum absolute atomic E-state index is 12.3. The second kappa shape index (κ2) is 8.07. The summed E-state index contributed by atoms with van der Waals surface area (Å²) in [5, 5.41) is 7.12. The van der Waals surface area contributed by atoms with Gasteiger partial charge in [0.1, 0.15) is 0 Å². The van der Waals surface area contributed by atoms with Crippen LogP contribution in [0.4, 0.5) is 18.9 Å². The summed E-state index contributed by atoms with van der Waals surface area (Å²) in [6, 6.07) is 11.6. The molecular formula is C18H23F3N2O3. The third-order valence-corrected chi connectivity index (χ3v) is 4.75. The fourth-order valence-electron chi connectivity index (χ4n) is 3.66. The quantitative estimate of drug-likeness (QED) is 0.865. The van der Waals surface area contributed by atoms with Crippen LogP contribution in [-0.2, 0) is 9.59 Å². The minimum atomic E-state index is -5.08. The molecule has 0 saturated carbocycles. The first-order chi connectivity index (χ1) is 12.1. The summed E-state index contributed by atoms with van der Waals surface area (Å²) < 4.78 is 31.7. The number of alkyl halides is 3. The van der Waals surface area contributed by atoms with Crippen molar-refractivity contribution in [1.82, 2.24) is 4.90 Å². The predicted molar refractivity (Wildman–Crippen MR) is 90.9 cm³/mol. The monoisotopic (exact) mass is 372 g/mol. The summed E-state index contributed by atoms with van der Waals surface area (Å²) in [5.74, 6) is -2.47. The van der Waals surface area contributed by atoms with Crippen LogP contribution in [0.2, 0.25) is 0 Å². The highest BCUT2D eigenvalue weighted by Crippen LogP contribution is 2.35. The minimum absolute atomic E-state index is 0.290. The molecule has 2 aliphatic heterocycles. The van der Waals surface area contributed by atoms with Gasteiger partial charge in [0.15, 0.2) is 0 Å². The molecule has 2 atom stereocenters. The second-order valence-electron chi connectivity index (χ2n) is 6.70. The van der Waals surface area contributed by atoms with E-state index in [1.54, 1.807) is 0 Å². The molecule has 1 N–H and O–H groups in total. The summed E-state index contributed by atoms with van der Waals surface area (Å²) in [5.41, 5.74) is 1.06. The molecule has 26 heavy (non-hydrogen) atoms. The number of piperidine rings is 1. The van der Waals surface area contributed by atoms with Gasteiger partial charge in [-0.05, 0) is 38.8 Å². The van der Waals surface area contributed by atoms with Crippen molar-refractivity contribution in [2.45, 2.75) is 57.4 Å². The van der Waals surface area contributed by atoms with Gasteiger partial charge in [-0.1, -0.05) is 18.2 Å². The Hall–Kier alpha value is -2.09. The van der Waals surface area contributed by atoms with Gasteiger partial charge in [0.05, 0.1) is 6.04 Å². The van der Waals surface area contributed by atoms with Crippen LogP contribution in [0, 0.1) is 0 Å². The third kappa shape index (κ3) is 4.55. The molecule has 0 bridgehead atoms. The second-order valence-corrected chi connectivity index (χ2v) is 6.70. The van der Waals surface area contributed by atoms with E-state index in [9.17, 15) is 18.0 Å². The smallest absolute Gasteiger partial charge is 0.475 e. The molecule has 0 radical (unpaired) electrons. The highest BCUT2D eigenvalue weighted by Gasteiger charge is 2.44. The highest BCUT2D eigenvalue weighted by molar-refractivity contribution is 5.95. The SMILES string of the molecule is CC(C)N1CC[C@H]2[C@@H]1CCC(=O)N2c1ccccc1.O=C(O)C(F)(F)F. The Bertz CT molecular complexity index is 634. The van der Waals surface area contributed by atoms with Crippen LogP contribution in [0.5, 0.6) is 0 Å². The van der Waals surface area contributed by atoms with Crippen LogP contribution in [-0.4, -0.2) is 52.7 Å². The summed E-state index contributed by atoms with van der Waals surface area (Å²) in [6.07, 6.45) is -2.28. The van der Waals surface area contributed by atoms with E-state index in [2.05, 4.69) is 35.8 Å². The van der Waals surface area contributed by atoms with Crippen molar-refractivity contribution in [3.05, 3.63) is 30.3 Å². The summed E-state index contributed by atoms with van der Waals surface area (Å²) in [6.45, 7) is 5.63. The number of halogens is 3. The molecule has 1 amide bonds. The van der Waals surface area contributed by atoms with E-state index in [4.69, 9.17) is 9.90 Å². The predicted octanol–water partition coefficient (Wildman–Crippen LogP) is 3.30. The molecule has 0 unspecified atom stereocenters. The van der Waals surface area contributed by atoms with Gasteiger partial charge in [0, 0.05) is 30.7 Å². The van der Waals surface area contributed by atoms with Crippen molar-refractivity contribution in [1.29, 1.82) is 0 Å². The molecule has 1 aromatic rings. The lowest BCUT2D eigenvalue weighted by Gasteiger charge is -2.41. The molecular weight excluding hydrogens is 349 g/mol. The number of hydrogen-bond donors (Lipinski definition) is 1. The molecule has 2 heterocycles. The van der Waals surface area contributed by atoms with Gasteiger partial charge >= 0.3 is 12.1 Å². The fraction of sp³-hybridized carbons (Fsp3) is 0.556. The minimum Gasteiger partial charge on any atom is -0.475 e. The van der Waals surface area contributed by atoms with Gasteiger partial charge < -0.3 is 10.0 Å². The number of likely N-dealkylation sites (tertiary alicyclic amines) is 1. The first-order valence-corrected chi connectivity index (χ1v) is 8.56. The lowest BCUT2D eigenvalue weighted by molar-refractivity contribution is -0.192. The molecule has 2 fully saturated rings. The van der Waals surface area contributed by atoms with Crippen molar-refractivity contribution in [2.24, 2.45) is 0 Å². The summed E-state index contributed by atoms with van der Waals surface area (Å²) in [7, 11) is 0. The molecule has 1 aromatic carbocycles. The Morgan fingerprint density at radius 3 is 2.23 bits per heavy atom. The van der Waals surface area contributed by atoms with Crippen LogP contribution in [0.1, 0.15) is 33.1 Å². The van der Waals surface area contributed by atoms with Crippen molar-refractivity contribution < 1.29 is 27.9 Å². The van der Waals surface area contributed by atoms with Gasteiger partial charge in [0.2, 0.25) is 5.91 Å². The Morgan fingerprint density at radius 2 is 1.73 bits per heavy atom. The molecule has 2 aliphatic rings. The van der Waals surface area contributed by atoms with Crippen LogP contribution < -0.4 is 4.90 Å². The van der Waals surface area contributed by atoms with Gasteiger partial charge in [0.25, 0.3) is 0 Å². The summed E-state index contributed by atoms with van der Waals surface area (Å²) in [4.78, 5) is 25.8. The van der Waals surface area contributed by atoms with Gasteiger partial charge in [-0.2, -0.15) is 13.2 Å². The van der Waals surface area contributed by atoms with Gasteiger partial charge in [-0.15, -0.1) is 0 Å². The fourth-order valence-corrected chi connectivity index (χ4v) is 3.66. The van der Waals surface area contributed by atoms with E-state index < -0.39 is 12.1 Å². The molecule has 2 saturated heterocycles. The van der Waals surface area contributed by atoms with E-state index in [1.165, 1.54) is 0 Å². The van der Waals surface area contributed by atoms with Crippen LogP contribution in [0.25, 0.3) is 0 Å². The number of carbonyl (C=O) groups is 2. The molecule has 0 aliphatic carbocycles. The topological polar surface area (TPSA) is 60.9 Å². The van der Waals surface area contributed by atoms with Crippen molar-refractivity contribution >= 4 is 17.6 Å². The number of amides is 1. The maximum Gasteiger partial charge on any atom is 0.490 e. The van der Waals surface area contributed by atoms with E-state index in [0.717, 1.165) is 25.1 Å². The van der Waals surface area contributed by atoms with E-state index in [1.807, 2.05) is 18.2 Å². The molecule has 0 aromatic heterocycles. The largest absolute Gasteiger partial charge is 0.490 e. The zero-order chi connectivity index (χ0) is 19.5. The number of hydrogen-bond acceptors (Lipinski definition) is 3. The third-order valence-electron chi connectivity index (χ3n) is 4.75. The number of carbonyl (C=O) groups excluding carboxylic acids is 1. The number of nitrogens with zero attached hydrogens (tertiary/aromatic N) is 2. The van der Waals surface area contributed by atoms with Crippen molar-refractivity contribution in [3.8, 4) is 0 Å². The first kappa shape index (κ1) is 20.2. The lowest BCUT2D eigenvalue weighted by atomic mass is 9.95. The molecule has 144 valence electrons. The number of carboxylic acids is 1. The summed E-state index contributed by atoms with van der Waals surface area (Å²) >= 11 is 0. The normalized spacial score (nSPS) is 23.5. The first-order valence-electron chi connectivity index (χ1n) is 8.56. The van der Waals surface area contributed by atoms with Crippen molar-refractivity contribution in [2.75, 3.05) is 11.4 Å². The zero-order valence-electron chi connectivity index (χ0n) is 14.7. The van der Waals surface area contributed by atoms with Crippen LogP contribution in [0.3, 0.4) is 0 Å². The molecule has 0 spiro atoms. The standard InChI is InChI=1S/C16H22N2O.C2HF3O2/c1-12(2)17-11-10-15-14(17)8-9-16(19)18(15)13-6-4-3-5-7-13;3-2(4,5)1(6)7/h3-7,12,14-15H,8-11H2,1-2H3;(H,6,7)/t14-,15-;/m0./s1. The number of fused-ring (bicyclic) bond motifs is 1. The van der Waals surface area contributed by atoms with E-state index >= 15 is 0 Å². The number of para-hydroxylation sites is 1. The average molecular weight is 372 g/mol. The lowest BCUT2D eigenvalue weighted by Crippen LogP contribution is -2.53. The molecule has 3 rings (SSSR count). The Labute approximate surface area is 150 Å². The van der Waals surface area contributed by atoms with E-state index in [0.29, 0.717) is 24.5 Å². The molecule has 8 heteroatoms. The van der Waals surface area contributed by atoms with Crippen molar-refractivity contribution in [3.63, 3.8) is 0 Å². The molecule has 5 nitrogen and oxygen atoms in total. The highest BCUT2D eigenvalue weighted by atomic mass is 19.4. The maximum atomic E-state index is 12.3. The van der Waals surface area contributed by atoms with Crippen LogP contribution >= 0.6 is 0 Å². The number of aliphatic carboxylic acids is 1.